The molecule has 4 nitrogen and oxygen atoms in total. The molecule has 2 aromatic heterocycles. The molecule has 0 saturated carbocycles. The minimum atomic E-state index is 0.268. The zero-order chi connectivity index (χ0) is 12.5. The Morgan fingerprint density at radius 1 is 1.39 bits per heavy atom. The highest BCUT2D eigenvalue weighted by Gasteiger charge is 2.15. The first-order chi connectivity index (χ1) is 8.79. The quantitative estimate of drug-likeness (QED) is 0.687. The molecule has 0 bridgehead atoms. The van der Waals surface area contributed by atoms with Gasteiger partial charge in [-0.2, -0.15) is 4.98 Å². The molecule has 1 aromatic carbocycles. The second-order valence-electron chi connectivity index (χ2n) is 3.51. The lowest BCUT2D eigenvalue weighted by Gasteiger charge is -2.04. The molecule has 0 unspecified atom stereocenters. The van der Waals surface area contributed by atoms with Gasteiger partial charge in [-0.3, -0.25) is 9.20 Å². The standard InChI is InChI=1S/C12H7ClN2O2S/c13-8-3-1-2-4-10(8)17-11-9(7-16)15-5-6-18-12(15)14-11/h1-7H. The number of rotatable bonds is 3. The monoisotopic (exact) mass is 278 g/mol. The van der Waals surface area contributed by atoms with E-state index in [0.717, 1.165) is 6.29 Å². The van der Waals surface area contributed by atoms with E-state index in [-0.39, 0.29) is 5.88 Å². The van der Waals surface area contributed by atoms with Crippen molar-refractivity contribution in [1.29, 1.82) is 0 Å². The number of hydrogen-bond donors (Lipinski definition) is 0. The normalized spacial score (nSPS) is 10.7. The number of hydrogen-bond acceptors (Lipinski definition) is 4. The second kappa shape index (κ2) is 4.44. The summed E-state index contributed by atoms with van der Waals surface area (Å²) < 4.78 is 7.27. The van der Waals surface area contributed by atoms with Gasteiger partial charge in [-0.25, -0.2) is 0 Å². The van der Waals surface area contributed by atoms with E-state index in [1.807, 2.05) is 11.4 Å². The molecule has 0 N–H and O–H groups in total. The van der Waals surface area contributed by atoms with Crippen LogP contribution >= 0.6 is 22.9 Å². The number of thiazole rings is 1. The van der Waals surface area contributed by atoms with Gasteiger partial charge >= 0.3 is 0 Å². The van der Waals surface area contributed by atoms with E-state index in [4.69, 9.17) is 16.3 Å². The number of carbonyl (C=O) groups is 1. The third kappa shape index (κ3) is 1.77. The van der Waals surface area contributed by atoms with Crippen LogP contribution in [-0.4, -0.2) is 15.7 Å². The molecular weight excluding hydrogens is 272 g/mol. The molecule has 6 heteroatoms. The molecule has 90 valence electrons. The maximum atomic E-state index is 11.1. The Bertz CT molecular complexity index is 720. The lowest BCUT2D eigenvalue weighted by molar-refractivity contribution is 0.111. The highest BCUT2D eigenvalue weighted by atomic mass is 35.5. The minimum absolute atomic E-state index is 0.268. The summed E-state index contributed by atoms with van der Waals surface area (Å²) in [6.45, 7) is 0. The van der Waals surface area contributed by atoms with E-state index in [2.05, 4.69) is 4.98 Å². The first-order valence-corrected chi connectivity index (χ1v) is 6.38. The maximum absolute atomic E-state index is 11.1. The molecule has 0 fully saturated rings. The average molecular weight is 279 g/mol. The SMILES string of the molecule is O=Cc1c(Oc2ccccc2Cl)nc2sccn12. The van der Waals surface area contributed by atoms with E-state index >= 15 is 0 Å². The van der Waals surface area contributed by atoms with Crippen LogP contribution < -0.4 is 4.74 Å². The molecule has 0 radical (unpaired) electrons. The second-order valence-corrected chi connectivity index (χ2v) is 4.79. The molecule has 0 amide bonds. The molecule has 0 aliphatic heterocycles. The van der Waals surface area contributed by atoms with Gasteiger partial charge in [0.15, 0.2) is 16.9 Å². The summed E-state index contributed by atoms with van der Waals surface area (Å²) in [4.78, 5) is 16.1. The molecule has 3 aromatic rings. The van der Waals surface area contributed by atoms with Crippen LogP contribution in [-0.2, 0) is 0 Å². The maximum Gasteiger partial charge on any atom is 0.250 e. The highest BCUT2D eigenvalue weighted by molar-refractivity contribution is 7.15. The number of nitrogens with zero attached hydrogens (tertiary/aromatic N) is 2. The topological polar surface area (TPSA) is 43.6 Å². The summed E-state index contributed by atoms with van der Waals surface area (Å²) in [7, 11) is 0. The number of aldehydes is 1. The van der Waals surface area contributed by atoms with Crippen molar-refractivity contribution in [3.63, 3.8) is 0 Å². The van der Waals surface area contributed by atoms with Crippen LogP contribution in [0.3, 0.4) is 0 Å². The first-order valence-electron chi connectivity index (χ1n) is 5.12. The van der Waals surface area contributed by atoms with Gasteiger partial charge in [0.05, 0.1) is 5.02 Å². The number of halogens is 1. The number of aromatic nitrogens is 2. The third-order valence-electron chi connectivity index (χ3n) is 2.42. The van der Waals surface area contributed by atoms with Crippen molar-refractivity contribution in [1.82, 2.24) is 9.38 Å². The van der Waals surface area contributed by atoms with Crippen molar-refractivity contribution < 1.29 is 9.53 Å². The Kier molecular flexibility index (Phi) is 2.77. The molecule has 0 aliphatic carbocycles. The van der Waals surface area contributed by atoms with Gasteiger partial charge in [-0.1, -0.05) is 23.7 Å². The smallest absolute Gasteiger partial charge is 0.250 e. The van der Waals surface area contributed by atoms with Crippen LogP contribution in [0.25, 0.3) is 4.96 Å². The van der Waals surface area contributed by atoms with Crippen molar-refractivity contribution in [2.45, 2.75) is 0 Å². The van der Waals surface area contributed by atoms with Gasteiger partial charge < -0.3 is 4.74 Å². The van der Waals surface area contributed by atoms with Crippen molar-refractivity contribution in [2.75, 3.05) is 0 Å². The molecule has 0 spiro atoms. The Hall–Kier alpha value is -1.85. The van der Waals surface area contributed by atoms with Crippen LogP contribution in [0, 0.1) is 0 Å². The van der Waals surface area contributed by atoms with Crippen LogP contribution in [0.15, 0.2) is 35.8 Å². The fourth-order valence-electron chi connectivity index (χ4n) is 1.60. The van der Waals surface area contributed by atoms with Crippen molar-refractivity contribution >= 4 is 34.2 Å². The van der Waals surface area contributed by atoms with Crippen molar-refractivity contribution in [3.05, 3.63) is 46.6 Å². The van der Waals surface area contributed by atoms with Gasteiger partial charge in [0.1, 0.15) is 5.75 Å². The van der Waals surface area contributed by atoms with Crippen molar-refractivity contribution in [3.8, 4) is 11.6 Å². The molecular formula is C12H7ClN2O2S. The Morgan fingerprint density at radius 3 is 3.00 bits per heavy atom. The van der Waals surface area contributed by atoms with Crippen LogP contribution in [0.4, 0.5) is 0 Å². The predicted molar refractivity (Wildman–Crippen MR) is 70.0 cm³/mol. The Morgan fingerprint density at radius 2 is 2.22 bits per heavy atom. The van der Waals surface area contributed by atoms with E-state index < -0.39 is 0 Å². The zero-order valence-corrected chi connectivity index (χ0v) is 10.6. The fourth-order valence-corrected chi connectivity index (χ4v) is 2.48. The van der Waals surface area contributed by atoms with E-state index in [1.54, 1.807) is 28.8 Å². The highest BCUT2D eigenvalue weighted by Crippen LogP contribution is 2.31. The molecule has 0 atom stereocenters. The Labute approximate surface area is 111 Å². The van der Waals surface area contributed by atoms with Crippen molar-refractivity contribution in [2.24, 2.45) is 0 Å². The summed E-state index contributed by atoms with van der Waals surface area (Å²) in [5.74, 6) is 0.748. The summed E-state index contributed by atoms with van der Waals surface area (Å²) in [5.41, 5.74) is 0.381. The number of benzene rings is 1. The summed E-state index contributed by atoms with van der Waals surface area (Å²) >= 11 is 7.43. The first kappa shape index (κ1) is 11.3. The lowest BCUT2D eigenvalue weighted by Crippen LogP contribution is -1.92. The third-order valence-corrected chi connectivity index (χ3v) is 3.49. The molecule has 0 saturated heterocycles. The summed E-state index contributed by atoms with van der Waals surface area (Å²) in [5, 5.41) is 2.33. The molecule has 2 heterocycles. The van der Waals surface area contributed by atoms with Gasteiger partial charge in [0.25, 0.3) is 0 Å². The van der Waals surface area contributed by atoms with Crippen LogP contribution in [0.5, 0.6) is 11.6 Å². The molecule has 18 heavy (non-hydrogen) atoms. The molecule has 0 aliphatic rings. The van der Waals surface area contributed by atoms with Crippen LogP contribution in [0.2, 0.25) is 5.02 Å². The fraction of sp³-hybridized carbons (Fsp3) is 0. The minimum Gasteiger partial charge on any atom is -0.435 e. The van der Waals surface area contributed by atoms with Gasteiger partial charge in [0.2, 0.25) is 5.88 Å². The van der Waals surface area contributed by atoms with E-state index in [9.17, 15) is 4.79 Å². The molecule has 3 rings (SSSR count). The van der Waals surface area contributed by atoms with Gasteiger partial charge in [0, 0.05) is 11.6 Å². The predicted octanol–water partition coefficient (Wildman–Crippen LogP) is 3.65. The van der Waals surface area contributed by atoms with Gasteiger partial charge in [-0.15, -0.1) is 11.3 Å². The largest absolute Gasteiger partial charge is 0.435 e. The number of carbonyl (C=O) groups excluding carboxylic acids is 1. The number of imidazole rings is 1. The van der Waals surface area contributed by atoms with E-state index in [0.29, 0.717) is 21.4 Å². The van der Waals surface area contributed by atoms with Gasteiger partial charge in [-0.05, 0) is 12.1 Å². The number of fused-ring (bicyclic) bond motifs is 1. The average Bonchev–Trinajstić information content (AvgIpc) is 2.92. The number of ether oxygens (including phenoxy) is 1. The summed E-state index contributed by atoms with van der Waals surface area (Å²) in [6, 6.07) is 7.06. The zero-order valence-electron chi connectivity index (χ0n) is 9.04. The number of para-hydroxylation sites is 1. The van der Waals surface area contributed by atoms with Crippen LogP contribution in [0.1, 0.15) is 10.5 Å². The summed E-state index contributed by atoms with van der Waals surface area (Å²) in [6.07, 6.45) is 2.50. The lowest BCUT2D eigenvalue weighted by atomic mass is 10.3. The van der Waals surface area contributed by atoms with E-state index in [1.165, 1.54) is 11.3 Å². The Balaban J connectivity index is 2.07.